The van der Waals surface area contributed by atoms with Gasteiger partial charge in [-0.3, -0.25) is 0 Å². The summed E-state index contributed by atoms with van der Waals surface area (Å²) in [6.07, 6.45) is 103. The van der Waals surface area contributed by atoms with Crippen molar-refractivity contribution in [1.82, 2.24) is 0 Å². The summed E-state index contributed by atoms with van der Waals surface area (Å²) in [5.41, 5.74) is 0. The van der Waals surface area contributed by atoms with Crippen molar-refractivity contribution in [2.24, 2.45) is 0 Å². The van der Waals surface area contributed by atoms with E-state index in [0.717, 1.165) is 51.4 Å². The molecule has 0 aliphatic rings. The Bertz CT molecular complexity index is 1220. The summed E-state index contributed by atoms with van der Waals surface area (Å²) < 4.78 is 0. The van der Waals surface area contributed by atoms with E-state index in [1.54, 1.807) is 0 Å². The largest absolute Gasteiger partial charge is 0.550 e. The smallest absolute Gasteiger partial charge is 0.0414 e. The Hall–Kier alpha value is -1.47. The zero-order valence-corrected chi connectivity index (χ0v) is 68.6. The molecule has 1 radical (unpaired) electrons. The van der Waals surface area contributed by atoms with Gasteiger partial charge in [-0.25, -0.2) is 0 Å². The van der Waals surface area contributed by atoms with Crippen molar-refractivity contribution in [2.75, 3.05) is 0 Å². The third-order valence-electron chi connectivity index (χ3n) is 19.9. The second kappa shape index (κ2) is 101. The van der Waals surface area contributed by atoms with Gasteiger partial charge in [-0.1, -0.05) is 490 Å². The van der Waals surface area contributed by atoms with Gasteiger partial charge in [0.1, 0.15) is 0 Å². The molecule has 0 unspecified atom stereocenters. The SMILES string of the molecule is CCCCCCCCCCCCCCCCCCCCCC(=O)[O-].CCCCCCCCCCCCCCCCCCCCCC(=O)[O-].CCCCCCCCCCCCCCCCCCCCCC(=O)[O-].CCCCCCCCCCCCCCCCCCCCCC(=O)[O-].[Ir]. The van der Waals surface area contributed by atoms with Gasteiger partial charge in [0.15, 0.2) is 0 Å². The van der Waals surface area contributed by atoms with Crippen molar-refractivity contribution in [3.63, 3.8) is 0 Å². The molecule has 0 fully saturated rings. The first-order valence-electron chi connectivity index (χ1n) is 43.9. The van der Waals surface area contributed by atoms with Gasteiger partial charge in [0.2, 0.25) is 0 Å². The first-order chi connectivity index (χ1) is 47.1. The van der Waals surface area contributed by atoms with Crippen LogP contribution in [0, 0.1) is 0 Å². The molecule has 0 aliphatic heterocycles. The summed E-state index contributed by atoms with van der Waals surface area (Å²) in [6.45, 7) is 9.12. The van der Waals surface area contributed by atoms with Crippen molar-refractivity contribution in [3.05, 3.63) is 0 Å². The van der Waals surface area contributed by atoms with Crippen LogP contribution in [-0.4, -0.2) is 23.9 Å². The molecule has 0 aromatic rings. The summed E-state index contributed by atoms with van der Waals surface area (Å²) in [5.74, 6) is -3.60. The summed E-state index contributed by atoms with van der Waals surface area (Å²) in [6, 6.07) is 0. The van der Waals surface area contributed by atoms with Gasteiger partial charge in [0, 0.05) is 44.0 Å². The van der Waals surface area contributed by atoms with E-state index < -0.39 is 23.9 Å². The van der Waals surface area contributed by atoms with E-state index in [9.17, 15) is 39.6 Å². The number of aliphatic carboxylic acids is 4. The summed E-state index contributed by atoms with van der Waals surface area (Å²) in [5, 5.41) is 41.1. The minimum absolute atomic E-state index is 0. The number of carbonyl (C=O) groups is 4. The first kappa shape index (κ1) is 104. The number of carbonyl (C=O) groups excluding carboxylic acids is 4. The Morgan fingerprint density at radius 3 is 0.258 bits per heavy atom. The number of unbranched alkanes of at least 4 members (excludes halogenated alkanes) is 72. The molecule has 0 saturated heterocycles. The van der Waals surface area contributed by atoms with E-state index in [-0.39, 0.29) is 45.8 Å². The fourth-order valence-corrected chi connectivity index (χ4v) is 13.4. The third-order valence-corrected chi connectivity index (χ3v) is 19.9. The molecule has 8 nitrogen and oxygen atoms in total. The van der Waals surface area contributed by atoms with Crippen molar-refractivity contribution in [2.45, 2.75) is 541 Å². The topological polar surface area (TPSA) is 161 Å². The molecule has 97 heavy (non-hydrogen) atoms. The van der Waals surface area contributed by atoms with Crippen LogP contribution in [0.3, 0.4) is 0 Å². The Kier molecular flexibility index (Phi) is 108. The van der Waals surface area contributed by atoms with E-state index in [1.165, 1.54) is 437 Å². The number of carboxylic acids is 4. The zero-order valence-electron chi connectivity index (χ0n) is 66.2. The standard InChI is InChI=1S/4C22H44O2.Ir/c4*1-2-3-4-5-6-7-8-9-10-11-12-13-14-15-16-17-18-19-20-21-22(23)24;/h4*2-21H2,1H3,(H,23,24);/p-4. The molecule has 0 spiro atoms. The van der Waals surface area contributed by atoms with Gasteiger partial charge in [-0.15, -0.1) is 0 Å². The van der Waals surface area contributed by atoms with E-state index >= 15 is 0 Å². The molecule has 0 heterocycles. The molecule has 0 aromatic heterocycles. The van der Waals surface area contributed by atoms with Crippen LogP contribution in [0.5, 0.6) is 0 Å². The number of hydrogen-bond donors (Lipinski definition) is 0. The van der Waals surface area contributed by atoms with Crippen molar-refractivity contribution in [3.8, 4) is 0 Å². The van der Waals surface area contributed by atoms with Crippen LogP contribution in [0.2, 0.25) is 0 Å². The molecule has 585 valence electrons. The maximum Gasteiger partial charge on any atom is 0.0414 e. The molecule has 0 rings (SSSR count). The van der Waals surface area contributed by atoms with Crippen LogP contribution >= 0.6 is 0 Å². The molecule has 0 saturated carbocycles. The quantitative estimate of drug-likeness (QED) is 0.0544. The van der Waals surface area contributed by atoms with Crippen LogP contribution in [0.25, 0.3) is 0 Å². The van der Waals surface area contributed by atoms with Gasteiger partial charge in [0.05, 0.1) is 0 Å². The van der Waals surface area contributed by atoms with Crippen LogP contribution < -0.4 is 20.4 Å². The molecule has 0 amide bonds. The van der Waals surface area contributed by atoms with Crippen LogP contribution in [-0.2, 0) is 39.3 Å². The predicted octanol–water partition coefficient (Wildman–Crippen LogP) is 26.2. The Morgan fingerprint density at radius 2 is 0.196 bits per heavy atom. The zero-order chi connectivity index (χ0) is 70.9. The number of rotatable bonds is 80. The van der Waals surface area contributed by atoms with E-state index in [4.69, 9.17) is 0 Å². The Balaban J connectivity index is -0.000000386. The van der Waals surface area contributed by atoms with Crippen LogP contribution in [0.1, 0.15) is 541 Å². The second-order valence-corrected chi connectivity index (χ2v) is 29.9. The Labute approximate surface area is 621 Å². The second-order valence-electron chi connectivity index (χ2n) is 29.9. The monoisotopic (exact) mass is 1550 g/mol. The fraction of sp³-hybridized carbons (Fsp3) is 0.955. The summed E-state index contributed by atoms with van der Waals surface area (Å²) >= 11 is 0. The number of carboxylic acid groups (broad SMARTS) is 4. The van der Waals surface area contributed by atoms with Crippen LogP contribution in [0.4, 0.5) is 0 Å². The molecular formula is C88H172IrO8-4. The van der Waals surface area contributed by atoms with E-state index in [2.05, 4.69) is 27.7 Å². The number of hydrogen-bond acceptors (Lipinski definition) is 8. The fourth-order valence-electron chi connectivity index (χ4n) is 13.4. The third kappa shape index (κ3) is 119. The molecule has 0 N–H and O–H groups in total. The summed E-state index contributed by atoms with van der Waals surface area (Å²) in [7, 11) is 0. The average Bonchev–Trinajstić information content (AvgIpc) is 3.57. The van der Waals surface area contributed by atoms with Gasteiger partial charge in [-0.05, 0) is 51.4 Å². The average molecular weight is 1550 g/mol. The van der Waals surface area contributed by atoms with Gasteiger partial charge < -0.3 is 39.6 Å². The summed E-state index contributed by atoms with van der Waals surface area (Å²) in [4.78, 5) is 41.1. The molecular weight excluding hydrogens is 1380 g/mol. The molecule has 0 aliphatic carbocycles. The minimum Gasteiger partial charge on any atom is -0.550 e. The molecule has 9 heteroatoms. The van der Waals surface area contributed by atoms with Crippen molar-refractivity contribution < 1.29 is 59.7 Å². The predicted molar refractivity (Wildman–Crippen MR) is 412 cm³/mol. The molecule has 0 bridgehead atoms. The normalized spacial score (nSPS) is 10.9. The molecule has 0 atom stereocenters. The minimum atomic E-state index is -0.901. The van der Waals surface area contributed by atoms with Crippen molar-refractivity contribution >= 4 is 23.9 Å². The maximum atomic E-state index is 10.3. The molecule has 0 aromatic carbocycles. The first-order valence-corrected chi connectivity index (χ1v) is 43.9. The van der Waals surface area contributed by atoms with Crippen LogP contribution in [0.15, 0.2) is 0 Å². The van der Waals surface area contributed by atoms with Gasteiger partial charge >= 0.3 is 0 Å². The van der Waals surface area contributed by atoms with E-state index in [0.29, 0.717) is 0 Å². The van der Waals surface area contributed by atoms with Gasteiger partial charge in [-0.2, -0.15) is 0 Å². The van der Waals surface area contributed by atoms with Crippen molar-refractivity contribution in [1.29, 1.82) is 0 Å². The Morgan fingerprint density at radius 1 is 0.134 bits per heavy atom. The van der Waals surface area contributed by atoms with E-state index in [1.807, 2.05) is 0 Å². The maximum absolute atomic E-state index is 10.3. The van der Waals surface area contributed by atoms with Gasteiger partial charge in [0.25, 0.3) is 0 Å².